The molecule has 0 aliphatic heterocycles. The van der Waals surface area contributed by atoms with Crippen molar-refractivity contribution in [2.75, 3.05) is 5.32 Å². The van der Waals surface area contributed by atoms with Gasteiger partial charge in [0.05, 0.1) is 6.20 Å². The van der Waals surface area contributed by atoms with Gasteiger partial charge in [0.1, 0.15) is 0 Å². The molecule has 0 aromatic carbocycles. The molecule has 0 saturated heterocycles. The van der Waals surface area contributed by atoms with E-state index in [4.69, 9.17) is 0 Å². The van der Waals surface area contributed by atoms with Crippen molar-refractivity contribution in [2.24, 2.45) is 7.05 Å². The van der Waals surface area contributed by atoms with Crippen molar-refractivity contribution in [3.05, 3.63) is 42.1 Å². The zero-order valence-corrected chi connectivity index (χ0v) is 8.31. The maximum absolute atomic E-state index is 13.2. The minimum absolute atomic E-state index is 0.265. The van der Waals surface area contributed by atoms with Gasteiger partial charge in [-0.1, -0.05) is 0 Å². The van der Waals surface area contributed by atoms with Crippen molar-refractivity contribution in [2.45, 2.75) is 6.54 Å². The lowest BCUT2D eigenvalue weighted by atomic mass is 10.3. The number of aryl methyl sites for hydroxylation is 1. The van der Waals surface area contributed by atoms with Crippen LogP contribution in [0.3, 0.4) is 0 Å². The molecule has 4 nitrogen and oxygen atoms in total. The third kappa shape index (κ3) is 2.31. The van der Waals surface area contributed by atoms with Crippen molar-refractivity contribution in [1.29, 1.82) is 0 Å². The number of rotatable bonds is 3. The Bertz CT molecular complexity index is 452. The summed E-state index contributed by atoms with van der Waals surface area (Å²) in [5.74, 6) is -0.0808. The van der Waals surface area contributed by atoms with Gasteiger partial charge < -0.3 is 5.32 Å². The molecule has 5 heteroatoms. The highest BCUT2D eigenvalue weighted by atomic mass is 19.1. The van der Waals surface area contributed by atoms with E-state index in [9.17, 15) is 4.39 Å². The summed E-state index contributed by atoms with van der Waals surface area (Å²) in [5, 5.41) is 6.92. The van der Waals surface area contributed by atoms with Crippen LogP contribution in [0.25, 0.3) is 0 Å². The number of halogens is 1. The van der Waals surface area contributed by atoms with Crippen LogP contribution in [0, 0.1) is 5.82 Å². The van der Waals surface area contributed by atoms with E-state index in [-0.39, 0.29) is 11.6 Å². The van der Waals surface area contributed by atoms with Crippen molar-refractivity contribution in [1.82, 2.24) is 14.8 Å². The molecule has 2 heterocycles. The fourth-order valence-electron chi connectivity index (χ4n) is 1.26. The average Bonchev–Trinajstić information content (AvgIpc) is 2.63. The van der Waals surface area contributed by atoms with Crippen molar-refractivity contribution < 1.29 is 4.39 Å². The van der Waals surface area contributed by atoms with Crippen LogP contribution < -0.4 is 5.32 Å². The van der Waals surface area contributed by atoms with Crippen LogP contribution in [-0.2, 0) is 13.6 Å². The summed E-state index contributed by atoms with van der Waals surface area (Å²) in [6, 6.07) is 2.93. The summed E-state index contributed by atoms with van der Waals surface area (Å²) in [4.78, 5) is 3.89. The van der Waals surface area contributed by atoms with E-state index in [1.165, 1.54) is 6.07 Å². The van der Waals surface area contributed by atoms with Gasteiger partial charge in [-0.15, -0.1) is 0 Å². The molecule has 0 bridgehead atoms. The molecule has 0 radical (unpaired) electrons. The number of nitrogens with zero attached hydrogens (tertiary/aromatic N) is 3. The van der Waals surface area contributed by atoms with Crippen molar-refractivity contribution in [3.8, 4) is 0 Å². The second-order valence-corrected chi connectivity index (χ2v) is 3.21. The monoisotopic (exact) mass is 206 g/mol. The Labute approximate surface area is 86.8 Å². The first-order valence-electron chi connectivity index (χ1n) is 4.57. The SMILES string of the molecule is Cn1cc(CNc2ncccc2F)cn1. The predicted octanol–water partition coefficient (Wildman–Crippen LogP) is 1.57. The molecule has 0 amide bonds. The Morgan fingerprint density at radius 3 is 3.07 bits per heavy atom. The Kier molecular flexibility index (Phi) is 2.62. The molecule has 0 unspecified atom stereocenters. The maximum atomic E-state index is 13.2. The Balaban J connectivity index is 2.02. The van der Waals surface area contributed by atoms with Gasteiger partial charge in [-0.2, -0.15) is 5.10 Å². The van der Waals surface area contributed by atoms with E-state index in [2.05, 4.69) is 15.4 Å². The lowest BCUT2D eigenvalue weighted by Crippen LogP contribution is -2.02. The molecule has 0 aliphatic rings. The largest absolute Gasteiger partial charge is 0.363 e. The molecular formula is C10H11FN4. The molecule has 2 aromatic rings. The van der Waals surface area contributed by atoms with Crippen molar-refractivity contribution >= 4 is 5.82 Å². The molecule has 0 aliphatic carbocycles. The minimum Gasteiger partial charge on any atom is -0.363 e. The number of aromatic nitrogens is 3. The van der Waals surface area contributed by atoms with E-state index >= 15 is 0 Å². The molecule has 0 saturated carbocycles. The molecule has 0 atom stereocenters. The summed E-state index contributed by atoms with van der Waals surface area (Å²) in [5.41, 5.74) is 0.988. The topological polar surface area (TPSA) is 42.7 Å². The van der Waals surface area contributed by atoms with Gasteiger partial charge in [-0.25, -0.2) is 9.37 Å². The Morgan fingerprint density at radius 1 is 1.53 bits per heavy atom. The number of pyridine rings is 1. The summed E-state index contributed by atoms with van der Waals surface area (Å²) >= 11 is 0. The zero-order valence-electron chi connectivity index (χ0n) is 8.31. The normalized spacial score (nSPS) is 10.3. The second-order valence-electron chi connectivity index (χ2n) is 3.21. The number of anilines is 1. The first kappa shape index (κ1) is 9.64. The lowest BCUT2D eigenvalue weighted by Gasteiger charge is -2.03. The van der Waals surface area contributed by atoms with Crippen LogP contribution in [0.1, 0.15) is 5.56 Å². The van der Waals surface area contributed by atoms with Gasteiger partial charge in [-0.3, -0.25) is 4.68 Å². The first-order chi connectivity index (χ1) is 7.25. The highest BCUT2D eigenvalue weighted by Crippen LogP contribution is 2.09. The van der Waals surface area contributed by atoms with Gasteiger partial charge in [-0.05, 0) is 12.1 Å². The minimum atomic E-state index is -0.346. The van der Waals surface area contributed by atoms with E-state index in [0.717, 1.165) is 5.56 Å². The second kappa shape index (κ2) is 4.08. The lowest BCUT2D eigenvalue weighted by molar-refractivity contribution is 0.624. The van der Waals surface area contributed by atoms with E-state index < -0.39 is 0 Å². The van der Waals surface area contributed by atoms with Crippen LogP contribution >= 0.6 is 0 Å². The standard InChI is InChI=1S/C10H11FN4/c1-15-7-8(6-14-15)5-13-10-9(11)3-2-4-12-10/h2-4,6-7H,5H2,1H3,(H,12,13). The fourth-order valence-corrected chi connectivity index (χ4v) is 1.26. The van der Waals surface area contributed by atoms with Gasteiger partial charge >= 0.3 is 0 Å². The Morgan fingerprint density at radius 2 is 2.40 bits per heavy atom. The first-order valence-corrected chi connectivity index (χ1v) is 4.57. The molecular weight excluding hydrogens is 195 g/mol. The molecule has 2 aromatic heterocycles. The molecule has 78 valence electrons. The Hall–Kier alpha value is -1.91. The highest BCUT2D eigenvalue weighted by molar-refractivity contribution is 5.36. The quantitative estimate of drug-likeness (QED) is 0.828. The fraction of sp³-hybridized carbons (Fsp3) is 0.200. The van der Waals surface area contributed by atoms with Gasteiger partial charge in [0.15, 0.2) is 11.6 Å². The molecule has 1 N–H and O–H groups in total. The van der Waals surface area contributed by atoms with Crippen LogP contribution in [0.2, 0.25) is 0 Å². The van der Waals surface area contributed by atoms with Gasteiger partial charge in [0.25, 0.3) is 0 Å². The zero-order chi connectivity index (χ0) is 10.7. The van der Waals surface area contributed by atoms with Crippen molar-refractivity contribution in [3.63, 3.8) is 0 Å². The van der Waals surface area contributed by atoms with E-state index in [1.807, 2.05) is 13.2 Å². The molecule has 0 fully saturated rings. The number of hydrogen-bond donors (Lipinski definition) is 1. The average molecular weight is 206 g/mol. The van der Waals surface area contributed by atoms with Crippen LogP contribution in [0.15, 0.2) is 30.7 Å². The number of hydrogen-bond acceptors (Lipinski definition) is 3. The third-order valence-corrected chi connectivity index (χ3v) is 1.98. The van der Waals surface area contributed by atoms with E-state index in [1.54, 1.807) is 23.1 Å². The molecule has 0 spiro atoms. The molecule has 15 heavy (non-hydrogen) atoms. The number of nitrogens with one attached hydrogen (secondary N) is 1. The smallest absolute Gasteiger partial charge is 0.165 e. The summed E-state index contributed by atoms with van der Waals surface area (Å²) in [7, 11) is 1.84. The van der Waals surface area contributed by atoms with E-state index in [0.29, 0.717) is 6.54 Å². The third-order valence-electron chi connectivity index (χ3n) is 1.98. The maximum Gasteiger partial charge on any atom is 0.165 e. The predicted molar refractivity (Wildman–Crippen MR) is 54.7 cm³/mol. The van der Waals surface area contributed by atoms with Gasteiger partial charge in [0, 0.05) is 31.5 Å². The summed E-state index contributed by atoms with van der Waals surface area (Å²) in [6.07, 6.45) is 5.15. The summed E-state index contributed by atoms with van der Waals surface area (Å²) < 4.78 is 14.9. The summed E-state index contributed by atoms with van der Waals surface area (Å²) in [6.45, 7) is 0.516. The van der Waals surface area contributed by atoms with Crippen LogP contribution in [-0.4, -0.2) is 14.8 Å². The molecule has 2 rings (SSSR count). The van der Waals surface area contributed by atoms with Crippen LogP contribution in [0.4, 0.5) is 10.2 Å². The highest BCUT2D eigenvalue weighted by Gasteiger charge is 2.01. The van der Waals surface area contributed by atoms with Crippen LogP contribution in [0.5, 0.6) is 0 Å². The van der Waals surface area contributed by atoms with Gasteiger partial charge in [0.2, 0.25) is 0 Å².